The summed E-state index contributed by atoms with van der Waals surface area (Å²) in [6.07, 6.45) is 9.22. The van der Waals surface area contributed by atoms with Crippen molar-refractivity contribution in [1.29, 1.82) is 0 Å². The largest absolute Gasteiger partial charge is 0.147 e. The van der Waals surface area contributed by atoms with Crippen molar-refractivity contribution in [2.75, 3.05) is 0 Å². The summed E-state index contributed by atoms with van der Waals surface area (Å²) >= 11 is -3.05. The Labute approximate surface area is 282 Å². The van der Waals surface area contributed by atoms with Gasteiger partial charge in [-0.1, -0.05) is 0 Å². The molecule has 4 aromatic rings. The first-order chi connectivity index (χ1) is 20.5. The number of halogens is 2. The van der Waals surface area contributed by atoms with Crippen molar-refractivity contribution < 1.29 is 20.0 Å². The molecule has 4 aromatic carbocycles. The smallest absolute Gasteiger partial charge is 0.147 e. The fraction of sp³-hybridized carbons (Fsp3) is 0.317. The zero-order valence-corrected chi connectivity index (χ0v) is 31.8. The fourth-order valence-corrected chi connectivity index (χ4v) is 31.2. The molecule has 0 spiro atoms. The van der Waals surface area contributed by atoms with Crippen LogP contribution in [0.4, 0.5) is 0 Å². The first-order valence-electron chi connectivity index (χ1n) is 16.2. The number of hydrogen-bond acceptors (Lipinski definition) is 0. The normalized spacial score (nSPS) is 19.3. The topological polar surface area (TPSA) is 0 Å². The van der Waals surface area contributed by atoms with Crippen LogP contribution in [0.15, 0.2) is 108 Å². The van der Waals surface area contributed by atoms with Gasteiger partial charge in [0, 0.05) is 0 Å². The van der Waals surface area contributed by atoms with E-state index < -0.39 is 20.0 Å². The third-order valence-electron chi connectivity index (χ3n) is 10.2. The molecule has 1 fully saturated rings. The molecule has 7 rings (SSSR count). The van der Waals surface area contributed by atoms with Crippen LogP contribution in [0.25, 0.3) is 34.4 Å². The maximum absolute atomic E-state index is 3.05. The van der Waals surface area contributed by atoms with E-state index in [0.29, 0.717) is 19.2 Å². The summed E-state index contributed by atoms with van der Waals surface area (Å²) in [6.45, 7) is 9.68. The van der Waals surface area contributed by atoms with Crippen LogP contribution >= 0.6 is 24.8 Å². The summed E-state index contributed by atoms with van der Waals surface area (Å²) in [5.41, 5.74) is 15.5. The Morgan fingerprint density at radius 3 is 1.30 bits per heavy atom. The molecule has 0 aromatic heterocycles. The van der Waals surface area contributed by atoms with Gasteiger partial charge >= 0.3 is 259 Å². The minimum absolute atomic E-state index is 0. The van der Waals surface area contributed by atoms with Gasteiger partial charge in [0.2, 0.25) is 0 Å². The molecule has 2 atom stereocenters. The predicted octanol–water partition coefficient (Wildman–Crippen LogP) is 12.9. The van der Waals surface area contributed by atoms with Gasteiger partial charge in [0.1, 0.15) is 0 Å². The van der Waals surface area contributed by atoms with Crippen LogP contribution in [0.5, 0.6) is 0 Å². The van der Waals surface area contributed by atoms with Crippen molar-refractivity contribution in [2.45, 2.75) is 62.7 Å². The van der Waals surface area contributed by atoms with E-state index in [1.165, 1.54) is 61.0 Å². The monoisotopic (exact) mass is 788 g/mol. The molecule has 3 heteroatoms. The van der Waals surface area contributed by atoms with E-state index in [4.69, 9.17) is 0 Å². The van der Waals surface area contributed by atoms with Crippen LogP contribution in [-0.2, 0) is 20.0 Å². The second-order valence-electron chi connectivity index (χ2n) is 13.9. The molecule has 0 bridgehead atoms. The standard InChI is InChI=1S/2C19H19.C3H6.2ClH.Hf/c2*1-14(2)11-15-12-17-9-6-10-18(19(17)13-15)16-7-4-3-5-8-16;1-3-2;;;/h2*3-10,12-14H,11H2,1-2H3;1-3H2;2*1H;. The van der Waals surface area contributed by atoms with Crippen LogP contribution in [0.1, 0.15) is 76.6 Å². The number of fused-ring (bicyclic) bond motifs is 2. The minimum Gasteiger partial charge on any atom is -0.147 e. The Morgan fingerprint density at radius 2 is 0.955 bits per heavy atom. The summed E-state index contributed by atoms with van der Waals surface area (Å²) in [7, 11) is 0. The van der Waals surface area contributed by atoms with E-state index in [2.05, 4.69) is 137 Å². The molecule has 3 aliphatic rings. The molecule has 0 radical (unpaired) electrons. The zero-order chi connectivity index (χ0) is 28.8. The molecule has 0 amide bonds. The number of hydrogen-bond donors (Lipinski definition) is 0. The van der Waals surface area contributed by atoms with Crippen LogP contribution in [-0.4, -0.2) is 0 Å². The number of benzene rings is 4. The first kappa shape index (κ1) is 33.2. The molecule has 0 N–H and O–H groups in total. The van der Waals surface area contributed by atoms with Gasteiger partial charge in [-0.3, -0.25) is 0 Å². The summed E-state index contributed by atoms with van der Waals surface area (Å²) in [6, 6.07) is 36.7. The maximum Gasteiger partial charge on any atom is -0.147 e. The summed E-state index contributed by atoms with van der Waals surface area (Å²) in [5, 5.41) is 0. The van der Waals surface area contributed by atoms with E-state index >= 15 is 0 Å². The molecule has 2 aliphatic carbocycles. The maximum atomic E-state index is 2.67. The van der Waals surface area contributed by atoms with Crippen LogP contribution < -0.4 is 0 Å². The molecular weight excluding hydrogens is 742 g/mol. The predicted molar refractivity (Wildman–Crippen MR) is 193 cm³/mol. The van der Waals surface area contributed by atoms with E-state index in [1.807, 2.05) is 0 Å². The molecule has 1 heterocycles. The molecule has 44 heavy (non-hydrogen) atoms. The van der Waals surface area contributed by atoms with Gasteiger partial charge in [-0.2, -0.15) is 0 Å². The van der Waals surface area contributed by atoms with Gasteiger partial charge < -0.3 is 0 Å². The van der Waals surface area contributed by atoms with Crippen molar-refractivity contribution in [3.8, 4) is 22.3 Å². The Morgan fingerprint density at radius 1 is 0.545 bits per heavy atom. The summed E-state index contributed by atoms with van der Waals surface area (Å²) in [5.74, 6) is 1.34. The molecule has 2 unspecified atom stereocenters. The van der Waals surface area contributed by atoms with E-state index in [-0.39, 0.29) is 24.8 Å². The second kappa shape index (κ2) is 13.7. The molecular formula is C41H46Cl2Hf. The van der Waals surface area contributed by atoms with E-state index in [0.717, 1.165) is 0 Å². The van der Waals surface area contributed by atoms with Gasteiger partial charge in [-0.15, -0.1) is 24.8 Å². The quantitative estimate of drug-likeness (QED) is 0.156. The van der Waals surface area contributed by atoms with Gasteiger partial charge in [0.05, 0.1) is 0 Å². The van der Waals surface area contributed by atoms with Crippen LogP contribution in [0.2, 0.25) is 8.35 Å². The van der Waals surface area contributed by atoms with Crippen molar-refractivity contribution >= 4 is 37.0 Å². The van der Waals surface area contributed by atoms with Crippen LogP contribution in [0, 0.1) is 11.8 Å². The van der Waals surface area contributed by atoms with Crippen molar-refractivity contribution in [2.24, 2.45) is 11.8 Å². The minimum atomic E-state index is -3.05. The average molecular weight is 788 g/mol. The van der Waals surface area contributed by atoms with Gasteiger partial charge in [-0.25, -0.2) is 0 Å². The van der Waals surface area contributed by atoms with Gasteiger partial charge in [0.15, 0.2) is 0 Å². The van der Waals surface area contributed by atoms with Crippen molar-refractivity contribution in [3.05, 3.63) is 130 Å². The SMILES string of the molecule is CC(C)CC1=Cc2c(-c3ccccc3)cccc2[CH]1[Hf]1([CH]2C(CC(C)C)=Cc3c(-c4ccccc4)cccc32)[CH2]C[CH2]1.Cl.Cl. The summed E-state index contributed by atoms with van der Waals surface area (Å²) in [4.78, 5) is 0. The Bertz CT molecular complexity index is 1540. The average Bonchev–Trinajstić information content (AvgIpc) is 3.51. The van der Waals surface area contributed by atoms with Crippen LogP contribution in [0.3, 0.4) is 0 Å². The molecule has 1 aliphatic heterocycles. The van der Waals surface area contributed by atoms with E-state index in [9.17, 15) is 0 Å². The number of rotatable bonds is 8. The summed E-state index contributed by atoms with van der Waals surface area (Å²) < 4.78 is 4.44. The molecule has 1 saturated heterocycles. The fourth-order valence-electron chi connectivity index (χ4n) is 8.65. The van der Waals surface area contributed by atoms with Crippen molar-refractivity contribution in [3.63, 3.8) is 0 Å². The first-order valence-corrected chi connectivity index (χ1v) is 25.5. The van der Waals surface area contributed by atoms with Crippen molar-refractivity contribution in [1.82, 2.24) is 0 Å². The Balaban J connectivity index is 0.00000192. The molecule has 0 saturated carbocycles. The Kier molecular flexibility index (Phi) is 10.3. The van der Waals surface area contributed by atoms with E-state index in [1.54, 1.807) is 22.3 Å². The second-order valence-corrected chi connectivity index (χ2v) is 30.5. The van der Waals surface area contributed by atoms with Gasteiger partial charge in [-0.05, 0) is 0 Å². The Hall–Kier alpha value is -2.19. The molecule has 0 nitrogen and oxygen atoms in total. The third kappa shape index (κ3) is 5.78. The zero-order valence-electron chi connectivity index (χ0n) is 26.6. The number of allylic oxidation sites excluding steroid dienone is 2. The third-order valence-corrected chi connectivity index (χ3v) is 32.6. The molecule has 228 valence electrons. The van der Waals surface area contributed by atoms with Gasteiger partial charge in [0.25, 0.3) is 0 Å².